The van der Waals surface area contributed by atoms with E-state index in [4.69, 9.17) is 0 Å². The van der Waals surface area contributed by atoms with Gasteiger partial charge in [-0.05, 0) is 30.9 Å². The Morgan fingerprint density at radius 3 is 2.38 bits per heavy atom. The van der Waals surface area contributed by atoms with E-state index in [1.54, 1.807) is 18.2 Å². The topological polar surface area (TPSA) is 70.2 Å². The Labute approximate surface area is 142 Å². The lowest BCUT2D eigenvalue weighted by Gasteiger charge is -2.20. The summed E-state index contributed by atoms with van der Waals surface area (Å²) < 4.78 is 13.4. The molecule has 0 spiro atoms. The lowest BCUT2D eigenvalue weighted by Crippen LogP contribution is -2.42. The summed E-state index contributed by atoms with van der Waals surface area (Å²) in [7, 11) is 0. The van der Waals surface area contributed by atoms with Crippen LogP contribution in [0.5, 0.6) is 0 Å². The van der Waals surface area contributed by atoms with Crippen molar-refractivity contribution in [3.05, 3.63) is 35.6 Å². The van der Waals surface area contributed by atoms with Crippen molar-refractivity contribution in [3.63, 3.8) is 0 Å². The van der Waals surface area contributed by atoms with Crippen LogP contribution >= 0.6 is 0 Å². The molecule has 1 saturated carbocycles. The second kappa shape index (κ2) is 9.90. The SMILES string of the molecule is O=C(NCCNC(=O)C1CCCCC1)NCCc1ccccc1F. The van der Waals surface area contributed by atoms with Gasteiger partial charge in [-0.15, -0.1) is 0 Å². The van der Waals surface area contributed by atoms with Crippen LogP contribution in [0.15, 0.2) is 24.3 Å². The maximum absolute atomic E-state index is 13.4. The predicted octanol–water partition coefficient (Wildman–Crippen LogP) is 2.36. The summed E-state index contributed by atoms with van der Waals surface area (Å²) in [6.45, 7) is 1.17. The highest BCUT2D eigenvalue weighted by atomic mass is 19.1. The van der Waals surface area contributed by atoms with Gasteiger partial charge in [-0.3, -0.25) is 4.79 Å². The van der Waals surface area contributed by atoms with Gasteiger partial charge in [0.05, 0.1) is 0 Å². The van der Waals surface area contributed by atoms with E-state index >= 15 is 0 Å². The Hall–Kier alpha value is -2.11. The smallest absolute Gasteiger partial charge is 0.314 e. The molecule has 0 saturated heterocycles. The molecule has 1 fully saturated rings. The molecule has 1 aliphatic carbocycles. The normalized spacial score (nSPS) is 14.9. The van der Waals surface area contributed by atoms with E-state index in [-0.39, 0.29) is 23.7 Å². The fraction of sp³-hybridized carbons (Fsp3) is 0.556. The molecule has 3 N–H and O–H groups in total. The average Bonchev–Trinajstić information content (AvgIpc) is 2.61. The quantitative estimate of drug-likeness (QED) is 0.670. The van der Waals surface area contributed by atoms with Crippen molar-refractivity contribution >= 4 is 11.9 Å². The first-order valence-electron chi connectivity index (χ1n) is 8.69. The van der Waals surface area contributed by atoms with Gasteiger partial charge in [0.15, 0.2) is 0 Å². The minimum Gasteiger partial charge on any atom is -0.354 e. The van der Waals surface area contributed by atoms with Gasteiger partial charge in [-0.2, -0.15) is 0 Å². The minimum atomic E-state index is -0.307. The lowest BCUT2D eigenvalue weighted by atomic mass is 9.89. The monoisotopic (exact) mass is 335 g/mol. The van der Waals surface area contributed by atoms with E-state index in [9.17, 15) is 14.0 Å². The summed E-state index contributed by atoms with van der Waals surface area (Å²) in [5.74, 6) is -0.0325. The highest BCUT2D eigenvalue weighted by Crippen LogP contribution is 2.23. The van der Waals surface area contributed by atoms with Gasteiger partial charge in [0.25, 0.3) is 0 Å². The molecule has 0 unspecified atom stereocenters. The molecule has 1 aromatic carbocycles. The number of urea groups is 1. The summed E-state index contributed by atoms with van der Waals surface area (Å²) >= 11 is 0. The Morgan fingerprint density at radius 2 is 1.62 bits per heavy atom. The Balaban J connectivity index is 1.53. The summed E-state index contributed by atoms with van der Waals surface area (Å²) in [5, 5.41) is 8.23. The Morgan fingerprint density at radius 1 is 0.958 bits per heavy atom. The first kappa shape index (κ1) is 18.2. The van der Waals surface area contributed by atoms with Crippen LogP contribution in [0.4, 0.5) is 9.18 Å². The minimum absolute atomic E-state index is 0.0939. The molecule has 132 valence electrons. The summed E-state index contributed by atoms with van der Waals surface area (Å²) in [6.07, 6.45) is 5.85. The van der Waals surface area contributed by atoms with Crippen molar-refractivity contribution in [2.24, 2.45) is 5.92 Å². The van der Waals surface area contributed by atoms with E-state index in [1.165, 1.54) is 12.5 Å². The summed E-state index contributed by atoms with van der Waals surface area (Å²) in [6, 6.07) is 6.21. The Kier molecular flexibility index (Phi) is 7.52. The summed E-state index contributed by atoms with van der Waals surface area (Å²) in [4.78, 5) is 23.6. The van der Waals surface area contributed by atoms with E-state index in [0.29, 0.717) is 31.6 Å². The zero-order valence-corrected chi connectivity index (χ0v) is 13.9. The molecule has 6 heteroatoms. The van der Waals surface area contributed by atoms with Gasteiger partial charge in [0.2, 0.25) is 5.91 Å². The average molecular weight is 335 g/mol. The number of rotatable bonds is 7. The van der Waals surface area contributed by atoms with Crippen molar-refractivity contribution < 1.29 is 14.0 Å². The number of hydrogen-bond donors (Lipinski definition) is 3. The van der Waals surface area contributed by atoms with Gasteiger partial charge in [0.1, 0.15) is 5.82 Å². The zero-order chi connectivity index (χ0) is 17.2. The molecule has 0 atom stereocenters. The van der Waals surface area contributed by atoms with E-state index in [0.717, 1.165) is 25.7 Å². The molecule has 5 nitrogen and oxygen atoms in total. The first-order valence-corrected chi connectivity index (χ1v) is 8.69. The molecule has 1 aromatic rings. The highest BCUT2D eigenvalue weighted by molar-refractivity contribution is 5.78. The van der Waals surface area contributed by atoms with Crippen molar-refractivity contribution in [2.45, 2.75) is 38.5 Å². The number of halogens is 1. The lowest BCUT2D eigenvalue weighted by molar-refractivity contribution is -0.125. The molecular formula is C18H26FN3O2. The molecular weight excluding hydrogens is 309 g/mol. The molecule has 0 aliphatic heterocycles. The van der Waals surface area contributed by atoms with Crippen molar-refractivity contribution in [3.8, 4) is 0 Å². The second-order valence-electron chi connectivity index (χ2n) is 6.15. The first-order chi connectivity index (χ1) is 11.7. The number of nitrogens with one attached hydrogen (secondary N) is 3. The standard InChI is InChI=1S/C18H26FN3O2/c19-16-9-5-4-6-14(16)10-11-21-18(24)22-13-12-20-17(23)15-7-2-1-3-8-15/h4-6,9,15H,1-3,7-8,10-13H2,(H,20,23)(H2,21,22,24). The van der Waals surface area contributed by atoms with Crippen LogP contribution in [-0.2, 0) is 11.2 Å². The van der Waals surface area contributed by atoms with Crippen LogP contribution in [0.3, 0.4) is 0 Å². The molecule has 0 heterocycles. The summed E-state index contributed by atoms with van der Waals surface area (Å²) in [5.41, 5.74) is 0.581. The number of benzene rings is 1. The third-order valence-corrected chi connectivity index (χ3v) is 4.32. The van der Waals surface area contributed by atoms with Crippen LogP contribution in [-0.4, -0.2) is 31.6 Å². The van der Waals surface area contributed by atoms with Gasteiger partial charge < -0.3 is 16.0 Å². The van der Waals surface area contributed by atoms with Gasteiger partial charge >= 0.3 is 6.03 Å². The van der Waals surface area contributed by atoms with Gasteiger partial charge in [0, 0.05) is 25.6 Å². The zero-order valence-electron chi connectivity index (χ0n) is 13.9. The van der Waals surface area contributed by atoms with E-state index in [1.807, 2.05) is 0 Å². The molecule has 2 rings (SSSR count). The van der Waals surface area contributed by atoms with Gasteiger partial charge in [-0.1, -0.05) is 37.5 Å². The highest BCUT2D eigenvalue weighted by Gasteiger charge is 2.20. The predicted molar refractivity (Wildman–Crippen MR) is 91.1 cm³/mol. The van der Waals surface area contributed by atoms with Crippen molar-refractivity contribution in [1.82, 2.24) is 16.0 Å². The van der Waals surface area contributed by atoms with E-state index in [2.05, 4.69) is 16.0 Å². The molecule has 24 heavy (non-hydrogen) atoms. The number of carbonyl (C=O) groups is 2. The molecule has 0 aromatic heterocycles. The van der Waals surface area contributed by atoms with Crippen molar-refractivity contribution in [2.75, 3.05) is 19.6 Å². The third kappa shape index (κ3) is 6.18. The fourth-order valence-corrected chi connectivity index (χ4v) is 2.95. The molecule has 1 aliphatic rings. The van der Waals surface area contributed by atoms with Crippen LogP contribution in [0, 0.1) is 11.7 Å². The maximum atomic E-state index is 13.4. The number of carbonyl (C=O) groups excluding carboxylic acids is 2. The van der Waals surface area contributed by atoms with Crippen LogP contribution in [0.2, 0.25) is 0 Å². The maximum Gasteiger partial charge on any atom is 0.314 e. The molecule has 3 amide bonds. The third-order valence-electron chi connectivity index (χ3n) is 4.32. The largest absolute Gasteiger partial charge is 0.354 e. The van der Waals surface area contributed by atoms with Crippen LogP contribution in [0.25, 0.3) is 0 Å². The molecule has 0 radical (unpaired) electrons. The second-order valence-corrected chi connectivity index (χ2v) is 6.15. The van der Waals surface area contributed by atoms with Crippen molar-refractivity contribution in [1.29, 1.82) is 0 Å². The Bertz CT molecular complexity index is 545. The fourth-order valence-electron chi connectivity index (χ4n) is 2.95. The van der Waals surface area contributed by atoms with Crippen LogP contribution in [0.1, 0.15) is 37.7 Å². The number of amides is 3. The number of hydrogen-bond acceptors (Lipinski definition) is 2. The molecule has 0 bridgehead atoms. The van der Waals surface area contributed by atoms with Crippen LogP contribution < -0.4 is 16.0 Å². The van der Waals surface area contributed by atoms with E-state index < -0.39 is 0 Å². The van der Waals surface area contributed by atoms with Gasteiger partial charge in [-0.25, -0.2) is 9.18 Å².